The normalized spacial score (nSPS) is 13.4. The van der Waals surface area contributed by atoms with Crippen molar-refractivity contribution in [2.45, 2.75) is 66.0 Å². The molecule has 0 aromatic heterocycles. The number of anilines is 1. The molecule has 0 saturated carbocycles. The molecule has 0 aliphatic carbocycles. The molecule has 0 spiro atoms. The summed E-state index contributed by atoms with van der Waals surface area (Å²) >= 11 is 0. The third-order valence-electron chi connectivity index (χ3n) is 8.18. The van der Waals surface area contributed by atoms with E-state index in [9.17, 15) is 38.4 Å². The summed E-state index contributed by atoms with van der Waals surface area (Å²) in [5, 5.41) is 21.3. The Hall–Kier alpha value is -6.06. The first-order chi connectivity index (χ1) is 25.4. The number of nitrogens with one attached hydrogen (secondary N) is 5. The SMILES string of the molecule is C=C/C=C\C=C/CCC(NC(=O)CNC(=O)CNC(=O)C(C)(C)CCC(C)(C)CN1C(=O)C=CC1=O)C(=O)NCC(=O)Nc1ccc(COC(=O)O)cc1. The van der Waals surface area contributed by atoms with Gasteiger partial charge in [0.2, 0.25) is 29.5 Å². The van der Waals surface area contributed by atoms with Crippen molar-refractivity contribution in [3.05, 3.63) is 78.9 Å². The van der Waals surface area contributed by atoms with Gasteiger partial charge in [-0.15, -0.1) is 0 Å². The highest BCUT2D eigenvalue weighted by molar-refractivity contribution is 6.12. The van der Waals surface area contributed by atoms with Crippen LogP contribution in [-0.4, -0.2) is 89.7 Å². The van der Waals surface area contributed by atoms with Crippen molar-refractivity contribution in [2.24, 2.45) is 10.8 Å². The molecule has 54 heavy (non-hydrogen) atoms. The molecule has 0 bridgehead atoms. The van der Waals surface area contributed by atoms with Gasteiger partial charge in [-0.05, 0) is 48.8 Å². The Morgan fingerprint density at radius 2 is 1.46 bits per heavy atom. The van der Waals surface area contributed by atoms with Gasteiger partial charge >= 0.3 is 6.16 Å². The topological polar surface area (TPSA) is 229 Å². The molecule has 7 amide bonds. The Kier molecular flexibility index (Phi) is 17.5. The van der Waals surface area contributed by atoms with Gasteiger partial charge in [0.25, 0.3) is 11.8 Å². The molecule has 1 aromatic rings. The van der Waals surface area contributed by atoms with E-state index in [0.29, 0.717) is 30.5 Å². The van der Waals surface area contributed by atoms with Crippen molar-refractivity contribution in [3.8, 4) is 0 Å². The van der Waals surface area contributed by atoms with Gasteiger partial charge in [-0.1, -0.05) is 76.8 Å². The first kappa shape index (κ1) is 44.1. The molecule has 2 rings (SSSR count). The first-order valence-corrected chi connectivity index (χ1v) is 17.3. The average Bonchev–Trinajstić information content (AvgIpc) is 3.43. The number of allylic oxidation sites excluding steroid dienone is 5. The largest absolute Gasteiger partial charge is 0.506 e. The van der Waals surface area contributed by atoms with Crippen molar-refractivity contribution in [3.63, 3.8) is 0 Å². The molecule has 6 N–H and O–H groups in total. The summed E-state index contributed by atoms with van der Waals surface area (Å²) in [5.41, 5.74) is -0.377. The lowest BCUT2D eigenvalue weighted by atomic mass is 9.78. The summed E-state index contributed by atoms with van der Waals surface area (Å²) in [4.78, 5) is 99.4. The summed E-state index contributed by atoms with van der Waals surface area (Å²) in [6.07, 6.45) is 11.1. The molecule has 1 heterocycles. The maximum atomic E-state index is 13.0. The van der Waals surface area contributed by atoms with Gasteiger partial charge in [0.05, 0.1) is 19.6 Å². The van der Waals surface area contributed by atoms with Crippen LogP contribution in [0.4, 0.5) is 10.5 Å². The lowest BCUT2D eigenvalue weighted by Crippen LogP contribution is -2.51. The van der Waals surface area contributed by atoms with Gasteiger partial charge in [0, 0.05) is 29.8 Å². The van der Waals surface area contributed by atoms with E-state index in [0.717, 1.165) is 4.90 Å². The molecule has 1 aromatic carbocycles. The fraction of sp³-hybridized carbons (Fsp3) is 0.421. The smallest absolute Gasteiger partial charge is 0.450 e. The van der Waals surface area contributed by atoms with E-state index in [-0.39, 0.29) is 31.4 Å². The summed E-state index contributed by atoms with van der Waals surface area (Å²) in [6, 6.07) is 5.18. The quantitative estimate of drug-likeness (QED) is 0.0576. The van der Waals surface area contributed by atoms with Gasteiger partial charge in [-0.3, -0.25) is 38.5 Å². The Morgan fingerprint density at radius 3 is 2.09 bits per heavy atom. The zero-order chi connectivity index (χ0) is 40.3. The number of carboxylic acid groups (broad SMARTS) is 1. The lowest BCUT2D eigenvalue weighted by molar-refractivity contribution is -0.139. The number of ether oxygens (including phenoxy) is 1. The fourth-order valence-corrected chi connectivity index (χ4v) is 4.92. The van der Waals surface area contributed by atoms with Crippen LogP contribution in [0.25, 0.3) is 0 Å². The van der Waals surface area contributed by atoms with Gasteiger partial charge in [0.15, 0.2) is 0 Å². The second kappa shape index (κ2) is 21.5. The standard InChI is InChI=1S/C38H50N6O10/c1-6-7-8-9-10-11-12-28(34(50)40-23-30(46)42-27-15-13-26(14-16-27)24-54-36(52)53)43-31(47)22-39-29(45)21-41-35(51)38(4,5)20-19-37(2,3)25-44-32(48)17-18-33(44)49/h6-10,13-18,28H,1,11-12,19-25H2,2-5H3,(H,39,45)(H,40,50)(H,41,51)(H,42,46)(H,43,47)(H,52,53)/b8-7-,10-9-. The van der Waals surface area contributed by atoms with Crippen LogP contribution in [0.5, 0.6) is 0 Å². The first-order valence-electron chi connectivity index (χ1n) is 17.3. The summed E-state index contributed by atoms with van der Waals surface area (Å²) in [5.74, 6) is -3.63. The number of benzene rings is 1. The number of carbonyl (C=O) groups is 8. The maximum absolute atomic E-state index is 13.0. The van der Waals surface area contributed by atoms with Crippen molar-refractivity contribution in [2.75, 3.05) is 31.5 Å². The molecule has 1 atom stereocenters. The zero-order valence-electron chi connectivity index (χ0n) is 31.1. The molecule has 16 nitrogen and oxygen atoms in total. The Labute approximate surface area is 314 Å². The Morgan fingerprint density at radius 1 is 0.833 bits per heavy atom. The van der Waals surface area contributed by atoms with E-state index in [1.165, 1.54) is 12.2 Å². The number of amides is 7. The van der Waals surface area contributed by atoms with E-state index in [2.05, 4.69) is 37.9 Å². The van der Waals surface area contributed by atoms with E-state index < -0.39 is 72.2 Å². The van der Waals surface area contributed by atoms with Crippen LogP contribution in [-0.2, 0) is 44.9 Å². The van der Waals surface area contributed by atoms with Crippen LogP contribution < -0.4 is 26.6 Å². The highest BCUT2D eigenvalue weighted by Crippen LogP contribution is 2.32. The maximum Gasteiger partial charge on any atom is 0.506 e. The van der Waals surface area contributed by atoms with E-state index >= 15 is 0 Å². The Bertz CT molecular complexity index is 1630. The number of hydrogen-bond acceptors (Lipinski definition) is 9. The number of imide groups is 1. The highest BCUT2D eigenvalue weighted by atomic mass is 16.7. The zero-order valence-corrected chi connectivity index (χ0v) is 31.1. The number of hydrogen-bond donors (Lipinski definition) is 6. The van der Waals surface area contributed by atoms with Crippen LogP contribution in [0.2, 0.25) is 0 Å². The summed E-state index contributed by atoms with van der Waals surface area (Å²) in [6.45, 7) is 9.58. The lowest BCUT2D eigenvalue weighted by Gasteiger charge is -2.32. The van der Waals surface area contributed by atoms with E-state index in [4.69, 9.17) is 5.11 Å². The van der Waals surface area contributed by atoms with Crippen LogP contribution in [0.1, 0.15) is 58.9 Å². The predicted octanol–water partition coefficient (Wildman–Crippen LogP) is 2.49. The van der Waals surface area contributed by atoms with E-state index in [1.807, 2.05) is 13.8 Å². The number of nitrogens with zero attached hydrogens (tertiary/aromatic N) is 1. The number of rotatable bonds is 22. The molecule has 1 unspecified atom stereocenters. The minimum atomic E-state index is -1.41. The third kappa shape index (κ3) is 16.5. The van der Waals surface area contributed by atoms with Crippen molar-refractivity contribution < 1.29 is 48.2 Å². The molecule has 0 radical (unpaired) electrons. The minimum Gasteiger partial charge on any atom is -0.450 e. The van der Waals surface area contributed by atoms with Gasteiger partial charge in [0.1, 0.15) is 12.6 Å². The molecular weight excluding hydrogens is 700 g/mol. The predicted molar refractivity (Wildman–Crippen MR) is 199 cm³/mol. The van der Waals surface area contributed by atoms with Crippen molar-refractivity contribution >= 4 is 53.2 Å². The van der Waals surface area contributed by atoms with E-state index in [1.54, 1.807) is 68.5 Å². The summed E-state index contributed by atoms with van der Waals surface area (Å²) < 4.78 is 4.50. The van der Waals surface area contributed by atoms with Crippen molar-refractivity contribution in [1.82, 2.24) is 26.2 Å². The van der Waals surface area contributed by atoms with Crippen LogP contribution in [0, 0.1) is 10.8 Å². The second-order valence-electron chi connectivity index (χ2n) is 13.9. The number of carbonyl (C=O) groups excluding carboxylic acids is 7. The molecule has 16 heteroatoms. The van der Waals surface area contributed by atoms with Crippen LogP contribution in [0.3, 0.4) is 0 Å². The van der Waals surface area contributed by atoms with Crippen molar-refractivity contribution in [1.29, 1.82) is 0 Å². The summed E-state index contributed by atoms with van der Waals surface area (Å²) in [7, 11) is 0. The Balaban J connectivity index is 1.85. The van der Waals surface area contributed by atoms with Gasteiger partial charge in [-0.25, -0.2) is 4.79 Å². The van der Waals surface area contributed by atoms with Crippen LogP contribution >= 0.6 is 0 Å². The third-order valence-corrected chi connectivity index (χ3v) is 8.18. The van der Waals surface area contributed by atoms with Gasteiger partial charge in [-0.2, -0.15) is 0 Å². The monoisotopic (exact) mass is 750 g/mol. The highest BCUT2D eigenvalue weighted by Gasteiger charge is 2.34. The fourth-order valence-electron chi connectivity index (χ4n) is 4.92. The minimum absolute atomic E-state index is 0.153. The molecule has 1 aliphatic heterocycles. The molecule has 0 saturated heterocycles. The average molecular weight is 751 g/mol. The second-order valence-corrected chi connectivity index (χ2v) is 13.9. The van der Waals surface area contributed by atoms with Crippen LogP contribution in [0.15, 0.2) is 73.4 Å². The van der Waals surface area contributed by atoms with Gasteiger partial charge < -0.3 is 36.4 Å². The molecule has 1 aliphatic rings. The molecular formula is C38H50N6O10. The molecule has 292 valence electrons. The molecule has 0 fully saturated rings.